The van der Waals surface area contributed by atoms with E-state index in [1.807, 2.05) is 29.2 Å². The van der Waals surface area contributed by atoms with E-state index in [1.54, 1.807) is 29.7 Å². The number of aromatic nitrogens is 2. The zero-order valence-electron chi connectivity index (χ0n) is 14.5. The minimum Gasteiger partial charge on any atom is -0.334 e. The van der Waals surface area contributed by atoms with E-state index in [2.05, 4.69) is 15.3 Å². The van der Waals surface area contributed by atoms with E-state index in [9.17, 15) is 9.59 Å². The summed E-state index contributed by atoms with van der Waals surface area (Å²) in [5, 5.41) is 2.94. The van der Waals surface area contributed by atoms with E-state index in [4.69, 9.17) is 0 Å². The lowest BCUT2D eigenvalue weighted by molar-refractivity contribution is -0.117. The summed E-state index contributed by atoms with van der Waals surface area (Å²) in [5.41, 5.74) is 1.64. The average molecular weight is 351 g/mol. The van der Waals surface area contributed by atoms with Gasteiger partial charge in [-0.25, -0.2) is 4.79 Å². The summed E-state index contributed by atoms with van der Waals surface area (Å²) >= 11 is 0. The van der Waals surface area contributed by atoms with Gasteiger partial charge in [0.05, 0.1) is 11.9 Å². The molecule has 26 heavy (non-hydrogen) atoms. The maximum Gasteiger partial charge on any atom is 0.317 e. The standard InChI is InChI=1S/C19H21N5O2/c25-17-9-19(14-24(17)16-4-2-7-21-12-16)5-8-23(13-19)18(26)22-11-15-3-1-6-20-10-15/h1-4,6-7,10,12H,5,8-9,11,13-14H2,(H,22,26). The van der Waals surface area contributed by atoms with E-state index in [1.165, 1.54) is 0 Å². The minimum atomic E-state index is -0.154. The molecule has 0 bridgehead atoms. The molecule has 7 nitrogen and oxygen atoms in total. The lowest BCUT2D eigenvalue weighted by Gasteiger charge is -2.24. The first-order valence-electron chi connectivity index (χ1n) is 8.77. The second-order valence-electron chi connectivity index (χ2n) is 7.06. The van der Waals surface area contributed by atoms with Crippen molar-refractivity contribution in [1.82, 2.24) is 20.2 Å². The molecule has 0 radical (unpaired) electrons. The molecule has 2 aliphatic rings. The highest BCUT2D eigenvalue weighted by Crippen LogP contribution is 2.41. The number of amides is 3. The summed E-state index contributed by atoms with van der Waals surface area (Å²) in [6, 6.07) is 7.43. The summed E-state index contributed by atoms with van der Waals surface area (Å²) < 4.78 is 0. The Morgan fingerprint density at radius 1 is 1.15 bits per heavy atom. The maximum atomic E-state index is 12.5. The summed E-state index contributed by atoms with van der Waals surface area (Å²) in [5.74, 6) is 0.107. The number of rotatable bonds is 3. The first-order chi connectivity index (χ1) is 12.7. The number of nitrogens with zero attached hydrogens (tertiary/aromatic N) is 4. The molecule has 7 heteroatoms. The smallest absolute Gasteiger partial charge is 0.317 e. The first-order valence-corrected chi connectivity index (χ1v) is 8.77. The van der Waals surface area contributed by atoms with Gasteiger partial charge in [-0.15, -0.1) is 0 Å². The SMILES string of the molecule is O=C(NCc1cccnc1)N1CCC2(CC(=O)N(c3cccnc3)C2)C1. The van der Waals surface area contributed by atoms with E-state index in [0.29, 0.717) is 32.6 Å². The van der Waals surface area contributed by atoms with E-state index in [-0.39, 0.29) is 17.4 Å². The molecule has 4 heterocycles. The molecular weight excluding hydrogens is 330 g/mol. The molecule has 2 saturated heterocycles. The quantitative estimate of drug-likeness (QED) is 0.915. The molecule has 2 aromatic rings. The number of carbonyl (C=O) groups excluding carboxylic acids is 2. The highest BCUT2D eigenvalue weighted by Gasteiger charge is 2.48. The number of urea groups is 1. The van der Waals surface area contributed by atoms with Gasteiger partial charge in [0.2, 0.25) is 5.91 Å². The van der Waals surface area contributed by atoms with Crippen LogP contribution in [0, 0.1) is 5.41 Å². The van der Waals surface area contributed by atoms with Crippen molar-refractivity contribution in [2.24, 2.45) is 5.41 Å². The molecule has 1 atom stereocenters. The van der Waals surface area contributed by atoms with Crippen LogP contribution in [0.1, 0.15) is 18.4 Å². The van der Waals surface area contributed by atoms with E-state index in [0.717, 1.165) is 17.7 Å². The highest BCUT2D eigenvalue weighted by molar-refractivity contribution is 5.96. The third kappa shape index (κ3) is 3.24. The fourth-order valence-corrected chi connectivity index (χ4v) is 3.82. The molecule has 0 aliphatic carbocycles. The Kier molecular flexibility index (Phi) is 4.28. The second kappa shape index (κ2) is 6.74. The van der Waals surface area contributed by atoms with Gasteiger partial charge in [-0.1, -0.05) is 6.07 Å². The van der Waals surface area contributed by atoms with Crippen LogP contribution in [0.5, 0.6) is 0 Å². The van der Waals surface area contributed by atoms with Gasteiger partial charge >= 0.3 is 6.03 Å². The number of anilines is 1. The van der Waals surface area contributed by atoms with Gasteiger partial charge in [-0.2, -0.15) is 0 Å². The summed E-state index contributed by atoms with van der Waals surface area (Å²) in [4.78, 5) is 36.7. The fourth-order valence-electron chi connectivity index (χ4n) is 3.82. The molecule has 4 rings (SSSR count). The third-order valence-electron chi connectivity index (χ3n) is 5.17. The van der Waals surface area contributed by atoms with Gasteiger partial charge in [0.1, 0.15) is 0 Å². The van der Waals surface area contributed by atoms with Crippen LogP contribution in [0.25, 0.3) is 0 Å². The van der Waals surface area contributed by atoms with E-state index >= 15 is 0 Å². The van der Waals surface area contributed by atoms with Crippen LogP contribution >= 0.6 is 0 Å². The van der Waals surface area contributed by atoms with Gasteiger partial charge in [-0.05, 0) is 30.2 Å². The molecule has 2 fully saturated rings. The molecule has 134 valence electrons. The molecule has 1 unspecified atom stereocenters. The largest absolute Gasteiger partial charge is 0.334 e. The number of likely N-dealkylation sites (tertiary alicyclic amines) is 1. The molecule has 0 saturated carbocycles. The minimum absolute atomic E-state index is 0.0852. The van der Waals surface area contributed by atoms with Crippen molar-refractivity contribution in [2.45, 2.75) is 19.4 Å². The van der Waals surface area contributed by atoms with E-state index < -0.39 is 0 Å². The zero-order valence-corrected chi connectivity index (χ0v) is 14.5. The number of hydrogen-bond acceptors (Lipinski definition) is 4. The van der Waals surface area contributed by atoms with Crippen molar-refractivity contribution < 1.29 is 9.59 Å². The zero-order chi connectivity index (χ0) is 18.0. The topological polar surface area (TPSA) is 78.4 Å². The molecule has 3 amide bonds. The van der Waals surface area contributed by atoms with Crippen molar-refractivity contribution in [1.29, 1.82) is 0 Å². The second-order valence-corrected chi connectivity index (χ2v) is 7.06. The van der Waals surface area contributed by atoms with Crippen LogP contribution in [-0.4, -0.2) is 46.4 Å². The van der Waals surface area contributed by atoms with Gasteiger partial charge < -0.3 is 15.1 Å². The number of carbonyl (C=O) groups is 2. The van der Waals surface area contributed by atoms with Crippen LogP contribution in [-0.2, 0) is 11.3 Å². The average Bonchev–Trinajstić information content (AvgIpc) is 3.24. The Morgan fingerprint density at radius 3 is 2.69 bits per heavy atom. The first kappa shape index (κ1) is 16.5. The van der Waals surface area contributed by atoms with Gasteiger partial charge in [0, 0.05) is 56.6 Å². The number of pyridine rings is 2. The lowest BCUT2D eigenvalue weighted by atomic mass is 9.86. The Hall–Kier alpha value is -2.96. The lowest BCUT2D eigenvalue weighted by Crippen LogP contribution is -2.40. The third-order valence-corrected chi connectivity index (χ3v) is 5.17. The molecule has 1 spiro atoms. The monoisotopic (exact) mass is 351 g/mol. The van der Waals surface area contributed by atoms with Crippen LogP contribution in [0.3, 0.4) is 0 Å². The van der Waals surface area contributed by atoms with Crippen LogP contribution < -0.4 is 10.2 Å². The number of hydrogen-bond donors (Lipinski definition) is 1. The fraction of sp³-hybridized carbons (Fsp3) is 0.368. The Labute approximate surface area is 152 Å². The summed E-state index contributed by atoms with van der Waals surface area (Å²) in [7, 11) is 0. The molecule has 1 N–H and O–H groups in total. The van der Waals surface area contributed by atoms with Gasteiger partial charge in [0.25, 0.3) is 0 Å². The van der Waals surface area contributed by atoms with Crippen LogP contribution in [0.4, 0.5) is 10.5 Å². The van der Waals surface area contributed by atoms with Gasteiger partial charge in [0.15, 0.2) is 0 Å². The van der Waals surface area contributed by atoms with Crippen LogP contribution in [0.15, 0.2) is 49.1 Å². The highest BCUT2D eigenvalue weighted by atomic mass is 16.2. The van der Waals surface area contributed by atoms with Crippen molar-refractivity contribution in [3.05, 3.63) is 54.6 Å². The maximum absolute atomic E-state index is 12.5. The van der Waals surface area contributed by atoms with Crippen molar-refractivity contribution >= 4 is 17.6 Å². The van der Waals surface area contributed by atoms with Crippen molar-refractivity contribution in [2.75, 3.05) is 24.5 Å². The number of nitrogens with one attached hydrogen (secondary N) is 1. The van der Waals surface area contributed by atoms with Gasteiger partial charge in [-0.3, -0.25) is 14.8 Å². The van der Waals surface area contributed by atoms with Crippen molar-refractivity contribution in [3.63, 3.8) is 0 Å². The molecule has 2 aliphatic heterocycles. The predicted molar refractivity (Wildman–Crippen MR) is 96.3 cm³/mol. The summed E-state index contributed by atoms with van der Waals surface area (Å²) in [6.07, 6.45) is 8.19. The normalized spacial score (nSPS) is 22.2. The Morgan fingerprint density at radius 2 is 1.96 bits per heavy atom. The van der Waals surface area contributed by atoms with Crippen molar-refractivity contribution in [3.8, 4) is 0 Å². The van der Waals surface area contributed by atoms with Crippen LogP contribution in [0.2, 0.25) is 0 Å². The predicted octanol–water partition coefficient (Wildman–Crippen LogP) is 1.82. The Bertz CT molecular complexity index is 798. The summed E-state index contributed by atoms with van der Waals surface area (Å²) in [6.45, 7) is 2.38. The molecule has 0 aromatic carbocycles. The Balaban J connectivity index is 1.37. The molecule has 2 aromatic heterocycles. The molecular formula is C19H21N5O2.